The summed E-state index contributed by atoms with van der Waals surface area (Å²) in [6, 6.07) is 12.9. The van der Waals surface area contributed by atoms with Gasteiger partial charge in [0.25, 0.3) is 0 Å². The van der Waals surface area contributed by atoms with Gasteiger partial charge in [0.05, 0.1) is 14.2 Å². The summed E-state index contributed by atoms with van der Waals surface area (Å²) in [7, 11) is 1.76. The van der Waals surface area contributed by atoms with Gasteiger partial charge in [-0.3, -0.25) is 0 Å². The summed E-state index contributed by atoms with van der Waals surface area (Å²) >= 11 is 0. The summed E-state index contributed by atoms with van der Waals surface area (Å²) in [5.74, 6) is 1.29. The van der Waals surface area contributed by atoms with E-state index in [0.717, 1.165) is 11.3 Å². The Bertz CT molecular complexity index is 614. The number of para-hydroxylation sites is 1. The number of ether oxygens (including phenoxy) is 2. The van der Waals surface area contributed by atoms with Crippen molar-refractivity contribution in [2.45, 2.75) is 11.8 Å². The number of rotatable bonds is 5. The van der Waals surface area contributed by atoms with Gasteiger partial charge < -0.3 is 14.2 Å². The Kier molecular flexibility index (Phi) is 4.63. The van der Waals surface area contributed by atoms with E-state index in [0.29, 0.717) is 16.4 Å². The first-order valence-corrected chi connectivity index (χ1v) is 7.27. The van der Waals surface area contributed by atoms with Crippen LogP contribution < -0.4 is 14.2 Å². The lowest BCUT2D eigenvalue weighted by Gasteiger charge is -2.14. The van der Waals surface area contributed by atoms with Gasteiger partial charge in [0.2, 0.25) is 0 Å². The third-order valence-electron chi connectivity index (χ3n) is 2.93. The van der Waals surface area contributed by atoms with Gasteiger partial charge in [-0.25, -0.2) is 4.21 Å². The molecule has 0 amide bonds. The van der Waals surface area contributed by atoms with Crippen molar-refractivity contribution in [1.29, 1.82) is 0 Å². The van der Waals surface area contributed by atoms with Crippen molar-refractivity contribution in [3.63, 3.8) is 0 Å². The fourth-order valence-electron chi connectivity index (χ4n) is 1.94. The Morgan fingerprint density at radius 3 is 2.30 bits per heavy atom. The molecule has 20 heavy (non-hydrogen) atoms. The second kappa shape index (κ2) is 6.43. The molecule has 0 fully saturated rings. The highest BCUT2D eigenvalue weighted by molar-refractivity contribution is 7.86. The Morgan fingerprint density at radius 2 is 1.70 bits per heavy atom. The number of nitrogens with one attached hydrogen (secondary N) is 1. The molecule has 0 radical (unpaired) electrons. The number of anilines is 1. The zero-order valence-corrected chi connectivity index (χ0v) is 12.5. The predicted molar refractivity (Wildman–Crippen MR) is 80.8 cm³/mol. The zero-order valence-electron chi connectivity index (χ0n) is 11.7. The lowest BCUT2D eigenvalue weighted by atomic mass is 10.2. The summed E-state index contributed by atoms with van der Waals surface area (Å²) in [5.41, 5.74) is 1.62. The van der Waals surface area contributed by atoms with E-state index in [-0.39, 0.29) is 0 Å². The molecule has 0 aliphatic rings. The van der Waals surface area contributed by atoms with E-state index < -0.39 is 11.0 Å². The van der Waals surface area contributed by atoms with E-state index in [2.05, 4.69) is 4.72 Å². The fraction of sp³-hybridized carbons (Fsp3) is 0.200. The van der Waals surface area contributed by atoms with Gasteiger partial charge in [-0.2, -0.15) is 0 Å². The van der Waals surface area contributed by atoms with E-state index in [1.807, 2.05) is 37.3 Å². The van der Waals surface area contributed by atoms with Gasteiger partial charge in [0.15, 0.2) is 11.0 Å². The largest absolute Gasteiger partial charge is 0.496 e. The summed E-state index contributed by atoms with van der Waals surface area (Å²) in [5, 5.41) is 0. The van der Waals surface area contributed by atoms with Crippen LogP contribution in [0.1, 0.15) is 5.56 Å². The van der Waals surface area contributed by atoms with Crippen molar-refractivity contribution in [3.05, 3.63) is 48.0 Å². The van der Waals surface area contributed by atoms with E-state index in [1.54, 1.807) is 26.4 Å². The smallest absolute Gasteiger partial charge is 0.154 e. The van der Waals surface area contributed by atoms with Crippen LogP contribution in [0, 0.1) is 6.92 Å². The molecule has 1 atom stereocenters. The molecule has 0 spiro atoms. The maximum absolute atomic E-state index is 12.4. The van der Waals surface area contributed by atoms with Crippen LogP contribution in [0.25, 0.3) is 0 Å². The third-order valence-corrected chi connectivity index (χ3v) is 4.07. The van der Waals surface area contributed by atoms with Crippen LogP contribution in [0.4, 0.5) is 5.69 Å². The predicted octanol–water partition coefficient (Wildman–Crippen LogP) is 3.15. The van der Waals surface area contributed by atoms with Crippen molar-refractivity contribution in [2.75, 3.05) is 18.9 Å². The molecule has 0 unspecified atom stereocenters. The van der Waals surface area contributed by atoms with Crippen molar-refractivity contribution in [2.24, 2.45) is 0 Å². The van der Waals surface area contributed by atoms with E-state index in [1.165, 1.54) is 0 Å². The van der Waals surface area contributed by atoms with Crippen LogP contribution in [-0.2, 0) is 11.0 Å². The third kappa shape index (κ3) is 2.93. The van der Waals surface area contributed by atoms with Crippen molar-refractivity contribution in [3.8, 4) is 11.5 Å². The number of hydrogen-bond donors (Lipinski definition) is 1. The van der Waals surface area contributed by atoms with Crippen LogP contribution in [0.15, 0.2) is 47.4 Å². The molecule has 2 rings (SSSR count). The Labute approximate surface area is 121 Å². The first-order chi connectivity index (χ1) is 9.67. The summed E-state index contributed by atoms with van der Waals surface area (Å²) < 4.78 is 26.0. The molecule has 0 saturated carbocycles. The van der Waals surface area contributed by atoms with Crippen LogP contribution in [0.2, 0.25) is 0 Å². The Hall–Kier alpha value is -2.01. The zero-order chi connectivity index (χ0) is 14.5. The van der Waals surface area contributed by atoms with Gasteiger partial charge >= 0.3 is 0 Å². The molecule has 0 aromatic heterocycles. The first-order valence-electron chi connectivity index (χ1n) is 6.12. The Morgan fingerprint density at radius 1 is 1.00 bits per heavy atom. The lowest BCUT2D eigenvalue weighted by Crippen LogP contribution is -2.07. The fourth-order valence-corrected chi connectivity index (χ4v) is 2.99. The molecule has 106 valence electrons. The number of benzene rings is 2. The van der Waals surface area contributed by atoms with Gasteiger partial charge in [-0.15, -0.1) is 0 Å². The number of methoxy groups -OCH3 is 2. The van der Waals surface area contributed by atoms with Crippen molar-refractivity contribution in [1.82, 2.24) is 0 Å². The number of hydrogen-bond acceptors (Lipinski definition) is 3. The van der Waals surface area contributed by atoms with Gasteiger partial charge in [0.1, 0.15) is 16.4 Å². The molecule has 2 aromatic rings. The molecule has 0 saturated heterocycles. The molecular weight excluding hydrogens is 274 g/mol. The van der Waals surface area contributed by atoms with Crippen LogP contribution in [0.5, 0.6) is 11.5 Å². The van der Waals surface area contributed by atoms with Crippen molar-refractivity contribution >= 4 is 16.7 Å². The average molecular weight is 291 g/mol. The highest BCUT2D eigenvalue weighted by atomic mass is 32.2. The molecule has 0 aliphatic carbocycles. The summed E-state index contributed by atoms with van der Waals surface area (Å²) in [4.78, 5) is 0.592. The highest BCUT2D eigenvalue weighted by Crippen LogP contribution is 2.33. The normalized spacial score (nSPS) is 11.8. The second-order valence-electron chi connectivity index (χ2n) is 4.16. The molecule has 0 bridgehead atoms. The van der Waals surface area contributed by atoms with Crippen LogP contribution >= 0.6 is 0 Å². The van der Waals surface area contributed by atoms with Gasteiger partial charge in [0, 0.05) is 11.3 Å². The summed E-state index contributed by atoms with van der Waals surface area (Å²) in [6.07, 6.45) is 0. The van der Waals surface area contributed by atoms with Crippen molar-refractivity contribution < 1.29 is 13.7 Å². The molecular formula is C15H17NO3S. The minimum atomic E-state index is -1.40. The lowest BCUT2D eigenvalue weighted by molar-refractivity contribution is 0.381. The first kappa shape index (κ1) is 14.4. The summed E-state index contributed by atoms with van der Waals surface area (Å²) in [6.45, 7) is 1.88. The SMILES string of the molecule is COc1ccc([S@@](=O)Nc2ccccc2)c(OC)c1C. The average Bonchev–Trinajstić information content (AvgIpc) is 2.47. The second-order valence-corrected chi connectivity index (χ2v) is 5.34. The maximum atomic E-state index is 12.4. The minimum absolute atomic E-state index is 0.575. The van der Waals surface area contributed by atoms with E-state index >= 15 is 0 Å². The topological polar surface area (TPSA) is 47.6 Å². The standard InChI is InChI=1S/C15H17NO3S/c1-11-13(18-2)9-10-14(15(11)19-3)20(17)16-12-7-5-4-6-8-12/h4-10,16H,1-3H3/t20-/m1/s1. The van der Waals surface area contributed by atoms with Crippen LogP contribution in [-0.4, -0.2) is 18.4 Å². The molecule has 2 aromatic carbocycles. The molecule has 1 N–H and O–H groups in total. The van der Waals surface area contributed by atoms with E-state index in [4.69, 9.17) is 9.47 Å². The quantitative estimate of drug-likeness (QED) is 0.920. The minimum Gasteiger partial charge on any atom is -0.496 e. The van der Waals surface area contributed by atoms with Gasteiger partial charge in [-0.05, 0) is 31.2 Å². The molecule has 5 heteroatoms. The Balaban J connectivity index is 2.33. The molecule has 0 heterocycles. The highest BCUT2D eigenvalue weighted by Gasteiger charge is 2.16. The maximum Gasteiger partial charge on any atom is 0.154 e. The van der Waals surface area contributed by atoms with E-state index in [9.17, 15) is 4.21 Å². The molecule has 0 aliphatic heterocycles. The van der Waals surface area contributed by atoms with Crippen LogP contribution in [0.3, 0.4) is 0 Å². The monoisotopic (exact) mass is 291 g/mol. The van der Waals surface area contributed by atoms with Gasteiger partial charge in [-0.1, -0.05) is 18.2 Å². The molecule has 4 nitrogen and oxygen atoms in total.